The van der Waals surface area contributed by atoms with Gasteiger partial charge in [-0.2, -0.15) is 0 Å². The molecule has 0 heterocycles. The summed E-state index contributed by atoms with van der Waals surface area (Å²) in [5, 5.41) is 3.58. The van der Waals surface area contributed by atoms with Crippen molar-refractivity contribution in [2.24, 2.45) is 5.92 Å². The molecule has 0 unspecified atom stereocenters. The molecule has 0 aromatic heterocycles. The van der Waals surface area contributed by atoms with Crippen LogP contribution in [0.3, 0.4) is 0 Å². The van der Waals surface area contributed by atoms with Crippen molar-refractivity contribution in [2.45, 2.75) is 65.8 Å². The highest BCUT2D eigenvalue weighted by molar-refractivity contribution is 5.14. The van der Waals surface area contributed by atoms with Crippen LogP contribution in [0.15, 0.2) is 11.3 Å². The Morgan fingerprint density at radius 3 is 2.14 bits per heavy atom. The SMILES string of the molecule is CC(NC(C)(C)C)=C1CCC(C)CC1. The molecule has 1 N–H and O–H groups in total. The summed E-state index contributed by atoms with van der Waals surface area (Å²) < 4.78 is 0. The van der Waals surface area contributed by atoms with Gasteiger partial charge in [0, 0.05) is 11.2 Å². The van der Waals surface area contributed by atoms with Gasteiger partial charge in [-0.15, -0.1) is 0 Å². The molecule has 0 aromatic rings. The molecule has 1 heteroatoms. The zero-order chi connectivity index (χ0) is 10.8. The van der Waals surface area contributed by atoms with Crippen LogP contribution >= 0.6 is 0 Å². The molecule has 14 heavy (non-hydrogen) atoms. The number of hydrogen-bond donors (Lipinski definition) is 1. The van der Waals surface area contributed by atoms with Crippen LogP contribution in [0.4, 0.5) is 0 Å². The van der Waals surface area contributed by atoms with Gasteiger partial charge >= 0.3 is 0 Å². The van der Waals surface area contributed by atoms with E-state index in [4.69, 9.17) is 0 Å². The van der Waals surface area contributed by atoms with Crippen LogP contribution in [0.5, 0.6) is 0 Å². The van der Waals surface area contributed by atoms with Gasteiger partial charge in [-0.1, -0.05) is 12.5 Å². The molecule has 1 nitrogen and oxygen atoms in total. The van der Waals surface area contributed by atoms with E-state index in [2.05, 4.69) is 39.9 Å². The minimum Gasteiger partial charge on any atom is -0.384 e. The van der Waals surface area contributed by atoms with E-state index in [-0.39, 0.29) is 5.54 Å². The summed E-state index contributed by atoms with van der Waals surface area (Å²) in [4.78, 5) is 0. The first-order valence-electron chi connectivity index (χ1n) is 5.85. The van der Waals surface area contributed by atoms with Gasteiger partial charge in [0.1, 0.15) is 0 Å². The zero-order valence-electron chi connectivity index (χ0n) is 10.4. The van der Waals surface area contributed by atoms with Crippen molar-refractivity contribution in [3.8, 4) is 0 Å². The van der Waals surface area contributed by atoms with E-state index in [9.17, 15) is 0 Å². The molecule has 0 radical (unpaired) electrons. The lowest BCUT2D eigenvalue weighted by Crippen LogP contribution is -2.35. The van der Waals surface area contributed by atoms with E-state index in [0.717, 1.165) is 5.92 Å². The smallest absolute Gasteiger partial charge is 0.0286 e. The van der Waals surface area contributed by atoms with Crippen molar-refractivity contribution in [3.05, 3.63) is 11.3 Å². The molecule has 0 bridgehead atoms. The second kappa shape index (κ2) is 4.37. The molecular weight excluding hydrogens is 170 g/mol. The predicted molar refractivity (Wildman–Crippen MR) is 63.2 cm³/mol. The van der Waals surface area contributed by atoms with Gasteiger partial charge in [-0.25, -0.2) is 0 Å². The van der Waals surface area contributed by atoms with Crippen LogP contribution in [0.2, 0.25) is 0 Å². The largest absolute Gasteiger partial charge is 0.384 e. The van der Waals surface area contributed by atoms with Crippen molar-refractivity contribution in [1.82, 2.24) is 5.32 Å². The summed E-state index contributed by atoms with van der Waals surface area (Å²) in [5.41, 5.74) is 3.28. The molecule has 0 spiro atoms. The quantitative estimate of drug-likeness (QED) is 0.670. The fraction of sp³-hybridized carbons (Fsp3) is 0.846. The maximum atomic E-state index is 3.58. The van der Waals surface area contributed by atoms with Crippen molar-refractivity contribution in [1.29, 1.82) is 0 Å². The van der Waals surface area contributed by atoms with Gasteiger partial charge in [-0.3, -0.25) is 0 Å². The van der Waals surface area contributed by atoms with Gasteiger partial charge < -0.3 is 5.32 Å². The van der Waals surface area contributed by atoms with Crippen LogP contribution in [0.1, 0.15) is 60.3 Å². The van der Waals surface area contributed by atoms with E-state index < -0.39 is 0 Å². The number of hydrogen-bond acceptors (Lipinski definition) is 1. The topological polar surface area (TPSA) is 12.0 Å². The van der Waals surface area contributed by atoms with Crippen molar-refractivity contribution in [3.63, 3.8) is 0 Å². The van der Waals surface area contributed by atoms with Gasteiger partial charge in [-0.05, 0) is 59.3 Å². The Bertz CT molecular complexity index is 210. The first kappa shape index (κ1) is 11.6. The first-order chi connectivity index (χ1) is 6.38. The maximum absolute atomic E-state index is 3.58. The summed E-state index contributed by atoms with van der Waals surface area (Å²) in [6, 6.07) is 0. The van der Waals surface area contributed by atoms with Crippen molar-refractivity contribution >= 4 is 0 Å². The molecule has 82 valence electrons. The molecule has 1 fully saturated rings. The summed E-state index contributed by atoms with van der Waals surface area (Å²) in [6.45, 7) is 11.3. The van der Waals surface area contributed by atoms with Crippen LogP contribution in [0, 0.1) is 5.92 Å². The van der Waals surface area contributed by atoms with E-state index >= 15 is 0 Å². The summed E-state index contributed by atoms with van der Waals surface area (Å²) in [5.74, 6) is 0.932. The van der Waals surface area contributed by atoms with E-state index in [0.29, 0.717) is 0 Å². The summed E-state index contributed by atoms with van der Waals surface area (Å²) in [6.07, 6.45) is 5.35. The molecular formula is C13H25N. The van der Waals surface area contributed by atoms with E-state index in [1.165, 1.54) is 31.4 Å². The Balaban J connectivity index is 2.56. The Hall–Kier alpha value is -0.460. The average Bonchev–Trinajstić information content (AvgIpc) is 2.02. The maximum Gasteiger partial charge on any atom is 0.0286 e. The number of nitrogens with one attached hydrogen (secondary N) is 1. The van der Waals surface area contributed by atoms with E-state index in [1.54, 1.807) is 5.57 Å². The monoisotopic (exact) mass is 195 g/mol. The summed E-state index contributed by atoms with van der Waals surface area (Å²) >= 11 is 0. The fourth-order valence-electron chi connectivity index (χ4n) is 2.14. The Labute approximate surface area is 89.0 Å². The van der Waals surface area contributed by atoms with E-state index in [1.807, 2.05) is 0 Å². The minimum absolute atomic E-state index is 0.208. The molecule has 1 aliphatic carbocycles. The Morgan fingerprint density at radius 2 is 1.71 bits per heavy atom. The van der Waals surface area contributed by atoms with Crippen molar-refractivity contribution < 1.29 is 0 Å². The molecule has 0 aliphatic heterocycles. The molecule has 0 amide bonds. The van der Waals surface area contributed by atoms with Gasteiger partial charge in [0.05, 0.1) is 0 Å². The highest BCUT2D eigenvalue weighted by Gasteiger charge is 2.16. The molecule has 1 rings (SSSR count). The lowest BCUT2D eigenvalue weighted by molar-refractivity contribution is 0.425. The second-order valence-corrected chi connectivity index (χ2v) is 5.79. The van der Waals surface area contributed by atoms with Crippen LogP contribution in [0.25, 0.3) is 0 Å². The van der Waals surface area contributed by atoms with Crippen LogP contribution < -0.4 is 5.32 Å². The number of rotatable bonds is 1. The lowest BCUT2D eigenvalue weighted by atomic mass is 9.86. The molecule has 0 atom stereocenters. The normalized spacial score (nSPS) is 23.5. The fourth-order valence-corrected chi connectivity index (χ4v) is 2.14. The minimum atomic E-state index is 0.208. The standard InChI is InChI=1S/C13H25N/c1-10-6-8-12(9-7-10)11(2)14-13(3,4)5/h10,14H,6-9H2,1-5H3. The molecule has 0 aromatic carbocycles. The van der Waals surface area contributed by atoms with Gasteiger partial charge in [0.25, 0.3) is 0 Å². The molecule has 1 saturated carbocycles. The van der Waals surface area contributed by atoms with Gasteiger partial charge in [0.15, 0.2) is 0 Å². The van der Waals surface area contributed by atoms with Crippen LogP contribution in [-0.4, -0.2) is 5.54 Å². The lowest BCUT2D eigenvalue weighted by Gasteiger charge is -2.28. The third-order valence-electron chi connectivity index (χ3n) is 2.97. The highest BCUT2D eigenvalue weighted by atomic mass is 15.0. The Kier molecular flexibility index (Phi) is 3.63. The van der Waals surface area contributed by atoms with Gasteiger partial charge in [0.2, 0.25) is 0 Å². The molecule has 1 aliphatic rings. The Morgan fingerprint density at radius 1 is 1.21 bits per heavy atom. The second-order valence-electron chi connectivity index (χ2n) is 5.79. The highest BCUT2D eigenvalue weighted by Crippen LogP contribution is 2.29. The third kappa shape index (κ3) is 3.73. The third-order valence-corrected chi connectivity index (χ3v) is 2.97. The number of allylic oxidation sites excluding steroid dienone is 2. The zero-order valence-corrected chi connectivity index (χ0v) is 10.4. The first-order valence-corrected chi connectivity index (χ1v) is 5.85. The predicted octanol–water partition coefficient (Wildman–Crippen LogP) is 3.86. The van der Waals surface area contributed by atoms with Crippen LogP contribution in [-0.2, 0) is 0 Å². The molecule has 0 saturated heterocycles. The van der Waals surface area contributed by atoms with Crippen molar-refractivity contribution in [2.75, 3.05) is 0 Å². The summed E-state index contributed by atoms with van der Waals surface area (Å²) in [7, 11) is 0. The average molecular weight is 195 g/mol.